The minimum Gasteiger partial charge on any atom is -0.302 e. The predicted octanol–water partition coefficient (Wildman–Crippen LogP) is 0.657. The van der Waals surface area contributed by atoms with E-state index in [4.69, 9.17) is 5.26 Å². The van der Waals surface area contributed by atoms with Crippen LogP contribution in [0.2, 0.25) is 0 Å². The van der Waals surface area contributed by atoms with Crippen LogP contribution in [0.15, 0.2) is 0 Å². The number of hydrogen-bond donors (Lipinski definition) is 0. The van der Waals surface area contributed by atoms with Gasteiger partial charge in [0, 0.05) is 12.8 Å². The van der Waals surface area contributed by atoms with Gasteiger partial charge in [0.25, 0.3) is 0 Å². The Kier molecular flexibility index (Phi) is 3.74. The molecule has 0 bridgehead atoms. The lowest BCUT2D eigenvalue weighted by molar-refractivity contribution is 0.164. The zero-order chi connectivity index (χ0) is 11.5. The fourth-order valence-electron chi connectivity index (χ4n) is 1.68. The highest BCUT2D eigenvalue weighted by Gasteiger charge is 2.29. The molecule has 0 aliphatic carbocycles. The van der Waals surface area contributed by atoms with E-state index in [1.54, 1.807) is 0 Å². The highest BCUT2D eigenvalue weighted by molar-refractivity contribution is 7.90. The SMILES string of the molecule is CC1(C#N)CCN(CCS(C)(=O)=O)CC1. The molecule has 0 aromatic heterocycles. The molecule has 1 aliphatic rings. The first-order chi connectivity index (χ1) is 6.85. The van der Waals surface area contributed by atoms with Gasteiger partial charge in [-0.05, 0) is 32.9 Å². The highest BCUT2D eigenvalue weighted by atomic mass is 32.2. The van der Waals surface area contributed by atoms with E-state index in [1.807, 2.05) is 6.92 Å². The molecule has 1 saturated heterocycles. The van der Waals surface area contributed by atoms with Crippen molar-refractivity contribution in [1.29, 1.82) is 5.26 Å². The Bertz CT molecular complexity index is 348. The minimum absolute atomic E-state index is 0.207. The average Bonchev–Trinajstić information content (AvgIpc) is 2.16. The summed E-state index contributed by atoms with van der Waals surface area (Å²) in [5.41, 5.74) is -0.207. The number of rotatable bonds is 3. The lowest BCUT2D eigenvalue weighted by Crippen LogP contribution is -2.40. The lowest BCUT2D eigenvalue weighted by Gasteiger charge is -2.34. The van der Waals surface area contributed by atoms with Crippen molar-refractivity contribution >= 4 is 9.84 Å². The number of nitrogens with zero attached hydrogens (tertiary/aromatic N) is 2. The van der Waals surface area contributed by atoms with Crippen LogP contribution in [-0.2, 0) is 9.84 Å². The summed E-state index contributed by atoms with van der Waals surface area (Å²) < 4.78 is 22.0. The van der Waals surface area contributed by atoms with Gasteiger partial charge in [0.15, 0.2) is 0 Å². The molecule has 0 saturated carbocycles. The van der Waals surface area contributed by atoms with Crippen LogP contribution in [0.3, 0.4) is 0 Å². The molecule has 0 aromatic carbocycles. The molecule has 0 N–H and O–H groups in total. The number of hydrogen-bond acceptors (Lipinski definition) is 4. The molecular formula is C10H18N2O2S. The lowest BCUT2D eigenvalue weighted by atomic mass is 9.82. The van der Waals surface area contributed by atoms with Crippen molar-refractivity contribution in [3.63, 3.8) is 0 Å². The van der Waals surface area contributed by atoms with E-state index in [0.717, 1.165) is 25.9 Å². The van der Waals surface area contributed by atoms with E-state index in [9.17, 15) is 8.42 Å². The Hall–Kier alpha value is -0.600. The monoisotopic (exact) mass is 230 g/mol. The maximum Gasteiger partial charge on any atom is 0.148 e. The van der Waals surface area contributed by atoms with E-state index in [2.05, 4.69) is 11.0 Å². The van der Waals surface area contributed by atoms with Crippen LogP contribution in [0.4, 0.5) is 0 Å². The van der Waals surface area contributed by atoms with E-state index in [-0.39, 0.29) is 11.2 Å². The second-order valence-electron chi connectivity index (χ2n) is 4.64. The van der Waals surface area contributed by atoms with E-state index in [0.29, 0.717) is 6.54 Å². The molecule has 0 atom stereocenters. The third-order valence-electron chi connectivity index (χ3n) is 3.01. The summed E-state index contributed by atoms with van der Waals surface area (Å²) in [6.07, 6.45) is 2.94. The highest BCUT2D eigenvalue weighted by Crippen LogP contribution is 2.29. The standard InChI is InChI=1S/C10H18N2O2S/c1-10(9-11)3-5-12(6-4-10)7-8-15(2,13)14/h3-8H2,1-2H3. The van der Waals surface area contributed by atoms with Gasteiger partial charge in [-0.15, -0.1) is 0 Å². The maximum absolute atomic E-state index is 11.0. The Morgan fingerprint density at radius 2 is 1.93 bits per heavy atom. The van der Waals surface area contributed by atoms with Crippen LogP contribution in [0, 0.1) is 16.7 Å². The molecule has 0 amide bonds. The second kappa shape index (κ2) is 4.50. The summed E-state index contributed by atoms with van der Waals surface area (Å²) >= 11 is 0. The number of likely N-dealkylation sites (tertiary alicyclic amines) is 1. The topological polar surface area (TPSA) is 61.2 Å². The molecular weight excluding hydrogens is 212 g/mol. The molecule has 0 spiro atoms. The van der Waals surface area contributed by atoms with Crippen LogP contribution in [0.5, 0.6) is 0 Å². The molecule has 1 fully saturated rings. The van der Waals surface area contributed by atoms with Crippen LogP contribution >= 0.6 is 0 Å². The van der Waals surface area contributed by atoms with Gasteiger partial charge in [-0.2, -0.15) is 5.26 Å². The number of sulfone groups is 1. The number of piperidine rings is 1. The third-order valence-corrected chi connectivity index (χ3v) is 3.93. The predicted molar refractivity (Wildman–Crippen MR) is 59.1 cm³/mol. The average molecular weight is 230 g/mol. The fraction of sp³-hybridized carbons (Fsp3) is 0.900. The largest absolute Gasteiger partial charge is 0.302 e. The Morgan fingerprint density at radius 3 is 2.33 bits per heavy atom. The molecule has 86 valence electrons. The van der Waals surface area contributed by atoms with Gasteiger partial charge in [-0.25, -0.2) is 8.42 Å². The zero-order valence-corrected chi connectivity index (χ0v) is 10.2. The van der Waals surface area contributed by atoms with Gasteiger partial charge in [0.05, 0.1) is 17.2 Å². The summed E-state index contributed by atoms with van der Waals surface area (Å²) in [7, 11) is -2.86. The van der Waals surface area contributed by atoms with E-state index < -0.39 is 9.84 Å². The first kappa shape index (κ1) is 12.5. The number of nitriles is 1. The molecule has 15 heavy (non-hydrogen) atoms. The van der Waals surface area contributed by atoms with Gasteiger partial charge in [0.2, 0.25) is 0 Å². The summed E-state index contributed by atoms with van der Waals surface area (Å²) in [4.78, 5) is 2.13. The van der Waals surface area contributed by atoms with Crippen LogP contribution < -0.4 is 0 Å². The molecule has 1 rings (SSSR count). The van der Waals surface area contributed by atoms with Crippen molar-refractivity contribution < 1.29 is 8.42 Å². The van der Waals surface area contributed by atoms with E-state index >= 15 is 0 Å². The molecule has 0 unspecified atom stereocenters. The van der Waals surface area contributed by atoms with Crippen LogP contribution in [0.1, 0.15) is 19.8 Å². The van der Waals surface area contributed by atoms with Crippen LogP contribution in [-0.4, -0.2) is 45.0 Å². The Balaban J connectivity index is 2.36. The first-order valence-corrected chi connectivity index (χ1v) is 7.22. The normalized spacial score (nSPS) is 22.2. The molecule has 5 heteroatoms. The van der Waals surface area contributed by atoms with Crippen molar-refractivity contribution in [2.45, 2.75) is 19.8 Å². The quantitative estimate of drug-likeness (QED) is 0.714. The van der Waals surface area contributed by atoms with Gasteiger partial charge < -0.3 is 4.90 Å². The second-order valence-corrected chi connectivity index (χ2v) is 6.90. The fourth-order valence-corrected chi connectivity index (χ4v) is 2.27. The Labute approximate surface area is 91.8 Å². The molecule has 4 nitrogen and oxygen atoms in total. The molecule has 1 heterocycles. The van der Waals surface area contributed by atoms with Gasteiger partial charge in [-0.1, -0.05) is 0 Å². The summed E-state index contributed by atoms with van der Waals surface area (Å²) in [5.74, 6) is 0.219. The van der Waals surface area contributed by atoms with Crippen LogP contribution in [0.25, 0.3) is 0 Å². The van der Waals surface area contributed by atoms with Crippen molar-refractivity contribution in [2.75, 3.05) is 31.6 Å². The van der Waals surface area contributed by atoms with Gasteiger partial charge in [-0.3, -0.25) is 0 Å². The smallest absolute Gasteiger partial charge is 0.148 e. The summed E-state index contributed by atoms with van der Waals surface area (Å²) in [6, 6.07) is 2.33. The minimum atomic E-state index is -2.86. The molecule has 0 aromatic rings. The molecule has 1 aliphatic heterocycles. The Morgan fingerprint density at radius 1 is 1.40 bits per heavy atom. The van der Waals surface area contributed by atoms with E-state index in [1.165, 1.54) is 6.26 Å². The first-order valence-electron chi connectivity index (χ1n) is 5.16. The zero-order valence-electron chi connectivity index (χ0n) is 9.36. The van der Waals surface area contributed by atoms with Gasteiger partial charge >= 0.3 is 0 Å². The maximum atomic E-state index is 11.0. The van der Waals surface area contributed by atoms with Crippen molar-refractivity contribution in [3.8, 4) is 6.07 Å². The summed E-state index contributed by atoms with van der Waals surface area (Å²) in [5, 5.41) is 8.93. The van der Waals surface area contributed by atoms with Crippen molar-refractivity contribution in [2.24, 2.45) is 5.41 Å². The van der Waals surface area contributed by atoms with Crippen molar-refractivity contribution in [1.82, 2.24) is 4.90 Å². The van der Waals surface area contributed by atoms with Gasteiger partial charge in [0.1, 0.15) is 9.84 Å². The third kappa shape index (κ3) is 4.18. The van der Waals surface area contributed by atoms with Crippen molar-refractivity contribution in [3.05, 3.63) is 0 Å². The summed E-state index contributed by atoms with van der Waals surface area (Å²) in [6.45, 7) is 4.24. The molecule has 0 radical (unpaired) electrons.